The van der Waals surface area contributed by atoms with E-state index >= 15 is 0 Å². The summed E-state index contributed by atoms with van der Waals surface area (Å²) in [5.41, 5.74) is 2.76. The summed E-state index contributed by atoms with van der Waals surface area (Å²) in [5.74, 6) is 0.138. The number of carbonyl (C=O) groups is 1. The number of amides is 1. The van der Waals surface area contributed by atoms with E-state index in [1.165, 1.54) is 0 Å². The Balaban J connectivity index is 1.63. The fourth-order valence-electron chi connectivity index (χ4n) is 2.26. The Morgan fingerprint density at radius 2 is 1.91 bits per heavy atom. The number of para-hydroxylation sites is 2. The first-order chi connectivity index (χ1) is 10.6. The minimum Gasteiger partial charge on any atom is -0.616 e. The van der Waals surface area contributed by atoms with Gasteiger partial charge in [-0.2, -0.15) is 0 Å². The van der Waals surface area contributed by atoms with E-state index in [1.54, 1.807) is 30.3 Å². The van der Waals surface area contributed by atoms with Crippen molar-refractivity contribution < 1.29 is 13.9 Å². The lowest BCUT2D eigenvalue weighted by Gasteiger charge is -2.04. The zero-order valence-corrected chi connectivity index (χ0v) is 12.2. The number of hydrogen-bond donors (Lipinski definition) is 1. The van der Waals surface area contributed by atoms with Crippen molar-refractivity contribution in [3.63, 3.8) is 0 Å². The molecule has 0 fully saturated rings. The molecule has 1 amide bonds. The maximum Gasteiger partial charge on any atom is 0.361 e. The van der Waals surface area contributed by atoms with Gasteiger partial charge in [0.2, 0.25) is 5.58 Å². The van der Waals surface area contributed by atoms with Crippen LogP contribution in [-0.2, 0) is 6.42 Å². The SMILES string of the molecule is Cc1ccc(C(=O)NCCc2oc3ccccc3[n+]2[O-])cc1. The molecule has 3 rings (SSSR count). The summed E-state index contributed by atoms with van der Waals surface area (Å²) >= 11 is 0. The Kier molecular flexibility index (Phi) is 3.78. The second kappa shape index (κ2) is 5.89. The smallest absolute Gasteiger partial charge is 0.361 e. The van der Waals surface area contributed by atoms with E-state index in [0.717, 1.165) is 10.3 Å². The first kappa shape index (κ1) is 14.1. The lowest BCUT2D eigenvalue weighted by Crippen LogP contribution is -2.33. The van der Waals surface area contributed by atoms with Crippen molar-refractivity contribution in [1.29, 1.82) is 0 Å². The molecule has 0 aliphatic heterocycles. The maximum atomic E-state index is 12.0. The van der Waals surface area contributed by atoms with Crippen molar-refractivity contribution in [1.82, 2.24) is 5.32 Å². The van der Waals surface area contributed by atoms with Gasteiger partial charge in [0.05, 0.1) is 6.42 Å². The molecule has 1 N–H and O–H groups in total. The first-order valence-corrected chi connectivity index (χ1v) is 7.10. The molecule has 1 aromatic heterocycles. The molecular formula is C17H16N2O3. The van der Waals surface area contributed by atoms with Crippen molar-refractivity contribution in [2.24, 2.45) is 0 Å². The third-order valence-corrected chi connectivity index (χ3v) is 3.48. The topological polar surface area (TPSA) is 69.2 Å². The van der Waals surface area contributed by atoms with Crippen molar-refractivity contribution in [2.75, 3.05) is 6.54 Å². The highest BCUT2D eigenvalue weighted by Gasteiger charge is 2.17. The van der Waals surface area contributed by atoms with Crippen LogP contribution in [0.3, 0.4) is 0 Å². The summed E-state index contributed by atoms with van der Waals surface area (Å²) in [6, 6.07) is 14.4. The summed E-state index contributed by atoms with van der Waals surface area (Å²) in [7, 11) is 0. The van der Waals surface area contributed by atoms with Crippen LogP contribution in [0.4, 0.5) is 0 Å². The highest BCUT2D eigenvalue weighted by Crippen LogP contribution is 2.12. The summed E-state index contributed by atoms with van der Waals surface area (Å²) < 4.78 is 6.27. The predicted molar refractivity (Wildman–Crippen MR) is 82.4 cm³/mol. The number of oxazole rings is 1. The minimum atomic E-state index is -0.159. The number of rotatable bonds is 4. The van der Waals surface area contributed by atoms with Gasteiger partial charge >= 0.3 is 5.89 Å². The number of aryl methyl sites for hydroxylation is 1. The Morgan fingerprint density at radius 3 is 2.64 bits per heavy atom. The Hall–Kier alpha value is -2.82. The molecule has 0 aliphatic carbocycles. The minimum absolute atomic E-state index is 0.159. The molecule has 0 radical (unpaired) electrons. The molecule has 22 heavy (non-hydrogen) atoms. The summed E-state index contributed by atoms with van der Waals surface area (Å²) in [5, 5.41) is 14.8. The van der Waals surface area contributed by atoms with Crippen LogP contribution in [0.5, 0.6) is 0 Å². The van der Waals surface area contributed by atoms with Gasteiger partial charge in [-0.25, -0.2) is 0 Å². The van der Waals surface area contributed by atoms with Crippen LogP contribution in [0, 0.1) is 12.1 Å². The molecule has 112 valence electrons. The second-order valence-corrected chi connectivity index (χ2v) is 5.13. The average molecular weight is 296 g/mol. The molecule has 0 spiro atoms. The van der Waals surface area contributed by atoms with E-state index in [4.69, 9.17) is 4.42 Å². The maximum absolute atomic E-state index is 12.0. The number of benzene rings is 2. The standard InChI is InChI=1S/C17H16N2O3/c1-12-6-8-13(9-7-12)17(20)18-11-10-16-19(21)14-4-2-3-5-15(14)22-16/h2-9H,10-11H2,1H3,(H,18,20). The van der Waals surface area contributed by atoms with Gasteiger partial charge in [-0.15, -0.1) is 4.73 Å². The van der Waals surface area contributed by atoms with E-state index in [0.29, 0.717) is 35.5 Å². The lowest BCUT2D eigenvalue weighted by molar-refractivity contribution is -0.592. The Labute approximate surface area is 127 Å². The van der Waals surface area contributed by atoms with Crippen LogP contribution >= 0.6 is 0 Å². The highest BCUT2D eigenvalue weighted by atomic mass is 16.5. The molecule has 0 atom stereocenters. The molecule has 0 unspecified atom stereocenters. The van der Waals surface area contributed by atoms with Gasteiger partial charge < -0.3 is 14.9 Å². The Bertz CT molecular complexity index is 806. The van der Waals surface area contributed by atoms with Gasteiger partial charge in [0, 0.05) is 18.2 Å². The highest BCUT2D eigenvalue weighted by molar-refractivity contribution is 5.94. The number of fused-ring (bicyclic) bond motifs is 1. The number of aromatic nitrogens is 1. The molecule has 3 aromatic rings. The van der Waals surface area contributed by atoms with Crippen molar-refractivity contribution in [2.45, 2.75) is 13.3 Å². The Morgan fingerprint density at radius 1 is 1.18 bits per heavy atom. The number of hydrogen-bond acceptors (Lipinski definition) is 3. The molecular weight excluding hydrogens is 280 g/mol. The van der Waals surface area contributed by atoms with Crippen molar-refractivity contribution >= 4 is 17.0 Å². The zero-order chi connectivity index (χ0) is 15.5. The second-order valence-electron chi connectivity index (χ2n) is 5.13. The third kappa shape index (κ3) is 2.79. The molecule has 0 aliphatic rings. The molecule has 5 nitrogen and oxygen atoms in total. The van der Waals surface area contributed by atoms with E-state index in [9.17, 15) is 10.0 Å². The molecule has 2 aromatic carbocycles. The van der Waals surface area contributed by atoms with Gasteiger partial charge in [-0.1, -0.05) is 29.8 Å². The lowest BCUT2D eigenvalue weighted by atomic mass is 10.1. The normalized spacial score (nSPS) is 10.8. The monoisotopic (exact) mass is 296 g/mol. The summed E-state index contributed by atoms with van der Waals surface area (Å²) in [4.78, 5) is 12.0. The quantitative estimate of drug-likeness (QED) is 0.593. The molecule has 0 saturated carbocycles. The van der Waals surface area contributed by atoms with Crippen molar-refractivity contribution in [3.8, 4) is 0 Å². The fraction of sp³-hybridized carbons (Fsp3) is 0.176. The zero-order valence-electron chi connectivity index (χ0n) is 12.2. The van der Waals surface area contributed by atoms with Gasteiger partial charge in [-0.05, 0) is 25.1 Å². The van der Waals surface area contributed by atoms with Crippen LogP contribution in [0.1, 0.15) is 21.8 Å². The van der Waals surface area contributed by atoms with Gasteiger partial charge in [0.25, 0.3) is 11.4 Å². The van der Waals surface area contributed by atoms with Crippen LogP contribution in [0.15, 0.2) is 52.9 Å². The molecule has 5 heteroatoms. The molecule has 1 heterocycles. The third-order valence-electron chi connectivity index (χ3n) is 3.48. The van der Waals surface area contributed by atoms with Crippen LogP contribution in [-0.4, -0.2) is 12.5 Å². The van der Waals surface area contributed by atoms with Crippen LogP contribution in [0.25, 0.3) is 11.1 Å². The average Bonchev–Trinajstić information content (AvgIpc) is 2.85. The van der Waals surface area contributed by atoms with Crippen molar-refractivity contribution in [3.05, 3.63) is 70.8 Å². The number of nitrogens with zero attached hydrogens (tertiary/aromatic N) is 1. The first-order valence-electron chi connectivity index (χ1n) is 7.10. The van der Waals surface area contributed by atoms with E-state index in [-0.39, 0.29) is 5.91 Å². The van der Waals surface area contributed by atoms with E-state index in [2.05, 4.69) is 5.32 Å². The molecule has 0 bridgehead atoms. The van der Waals surface area contributed by atoms with Gasteiger partial charge in [0.1, 0.15) is 0 Å². The van der Waals surface area contributed by atoms with Gasteiger partial charge in [0.15, 0.2) is 0 Å². The number of carbonyl (C=O) groups excluding carboxylic acids is 1. The predicted octanol–water partition coefficient (Wildman–Crippen LogP) is 2.35. The van der Waals surface area contributed by atoms with Crippen LogP contribution < -0.4 is 10.0 Å². The molecule has 0 saturated heterocycles. The van der Waals surface area contributed by atoms with Gasteiger partial charge in [-0.3, -0.25) is 4.79 Å². The fourth-order valence-corrected chi connectivity index (χ4v) is 2.26. The number of nitrogens with one attached hydrogen (secondary N) is 1. The largest absolute Gasteiger partial charge is 0.616 e. The van der Waals surface area contributed by atoms with Crippen LogP contribution in [0.2, 0.25) is 0 Å². The summed E-state index contributed by atoms with van der Waals surface area (Å²) in [6.45, 7) is 2.31. The van der Waals surface area contributed by atoms with E-state index < -0.39 is 0 Å². The summed E-state index contributed by atoms with van der Waals surface area (Å²) in [6.07, 6.45) is 0.343. The van der Waals surface area contributed by atoms with E-state index in [1.807, 2.05) is 25.1 Å².